The molecule has 1 amide bonds. The van der Waals surface area contributed by atoms with Crippen molar-refractivity contribution in [1.29, 1.82) is 0 Å². The summed E-state index contributed by atoms with van der Waals surface area (Å²) in [5.74, 6) is 1.33. The van der Waals surface area contributed by atoms with E-state index in [9.17, 15) is 4.79 Å². The second-order valence-electron chi connectivity index (χ2n) is 7.24. The highest BCUT2D eigenvalue weighted by Crippen LogP contribution is 2.37. The topological polar surface area (TPSA) is 97.2 Å². The minimum Gasteiger partial charge on any atom is -0.494 e. The number of fused-ring (bicyclic) bond motifs is 1. The number of hydrogen-bond donors (Lipinski definition) is 2. The van der Waals surface area contributed by atoms with Crippen molar-refractivity contribution in [2.45, 2.75) is 6.92 Å². The minimum absolute atomic E-state index is 0.304. The average Bonchev–Trinajstić information content (AvgIpc) is 3.28. The van der Waals surface area contributed by atoms with Gasteiger partial charge in [0.25, 0.3) is 0 Å². The molecule has 3 aromatic heterocycles. The third kappa shape index (κ3) is 4.47. The molecule has 0 bridgehead atoms. The zero-order valence-electron chi connectivity index (χ0n) is 18.7. The van der Waals surface area contributed by atoms with Crippen LogP contribution in [0.15, 0.2) is 67.6 Å². The van der Waals surface area contributed by atoms with E-state index >= 15 is 0 Å². The lowest BCUT2D eigenvalue weighted by Gasteiger charge is -2.23. The highest BCUT2D eigenvalue weighted by molar-refractivity contribution is 6.02. The number of nitrogens with one attached hydrogen (secondary N) is 2. The van der Waals surface area contributed by atoms with Crippen LogP contribution in [0.1, 0.15) is 6.92 Å². The fourth-order valence-corrected chi connectivity index (χ4v) is 3.42. The summed E-state index contributed by atoms with van der Waals surface area (Å²) in [6, 6.07) is 11.3. The molecule has 2 N–H and O–H groups in total. The summed E-state index contributed by atoms with van der Waals surface area (Å²) in [6.45, 7) is 6.31. The normalized spacial score (nSPS) is 10.6. The van der Waals surface area contributed by atoms with Crippen LogP contribution in [0.3, 0.4) is 0 Å². The van der Waals surface area contributed by atoms with Crippen LogP contribution in [0.5, 0.6) is 5.75 Å². The van der Waals surface area contributed by atoms with E-state index in [0.717, 1.165) is 23.3 Å². The van der Waals surface area contributed by atoms with Gasteiger partial charge in [-0.1, -0.05) is 6.58 Å². The second kappa shape index (κ2) is 9.39. The standard InChI is InChI=1S/C24H25N7O2/c1-5-22(32)27-17-14-18(20(33-4)15-19(17)30(3)6-2)28-24-26-12-9-21(29-24)31-13-10-16-8-7-11-25-23(16)31/h5,7-15H,1,6H2,2-4H3,(H,27,32)(H,26,28,29). The molecule has 0 fully saturated rings. The summed E-state index contributed by atoms with van der Waals surface area (Å²) in [5, 5.41) is 7.09. The lowest BCUT2D eigenvalue weighted by molar-refractivity contribution is -0.111. The predicted molar refractivity (Wildman–Crippen MR) is 131 cm³/mol. The van der Waals surface area contributed by atoms with Crippen molar-refractivity contribution in [3.05, 3.63) is 67.6 Å². The Hall–Kier alpha value is -4.40. The van der Waals surface area contributed by atoms with Crippen molar-refractivity contribution in [1.82, 2.24) is 19.5 Å². The molecule has 0 spiro atoms. The molecule has 33 heavy (non-hydrogen) atoms. The largest absolute Gasteiger partial charge is 0.494 e. The number of carbonyl (C=O) groups is 1. The summed E-state index contributed by atoms with van der Waals surface area (Å²) in [6.07, 6.45) is 6.57. The summed E-state index contributed by atoms with van der Waals surface area (Å²) in [5.41, 5.74) is 2.85. The van der Waals surface area contributed by atoms with Gasteiger partial charge in [-0.3, -0.25) is 9.36 Å². The number of pyridine rings is 1. The van der Waals surface area contributed by atoms with Crippen LogP contribution in [-0.2, 0) is 4.79 Å². The molecule has 1 aromatic carbocycles. The van der Waals surface area contributed by atoms with Gasteiger partial charge in [-0.05, 0) is 43.3 Å². The van der Waals surface area contributed by atoms with Crippen LogP contribution < -0.4 is 20.3 Å². The van der Waals surface area contributed by atoms with E-state index in [1.165, 1.54) is 6.08 Å². The fraction of sp³-hybridized carbons (Fsp3) is 0.167. The van der Waals surface area contributed by atoms with Gasteiger partial charge in [-0.25, -0.2) is 9.97 Å². The number of hydrogen-bond acceptors (Lipinski definition) is 7. The number of carbonyl (C=O) groups excluding carboxylic acids is 1. The molecule has 0 saturated carbocycles. The average molecular weight is 444 g/mol. The lowest BCUT2D eigenvalue weighted by Crippen LogP contribution is -2.19. The number of methoxy groups -OCH3 is 1. The smallest absolute Gasteiger partial charge is 0.247 e. The molecule has 0 aliphatic carbocycles. The van der Waals surface area contributed by atoms with Gasteiger partial charge in [0, 0.05) is 43.6 Å². The van der Waals surface area contributed by atoms with E-state index in [1.54, 1.807) is 25.6 Å². The highest BCUT2D eigenvalue weighted by Gasteiger charge is 2.16. The van der Waals surface area contributed by atoms with E-state index in [0.29, 0.717) is 28.9 Å². The second-order valence-corrected chi connectivity index (χ2v) is 7.24. The quantitative estimate of drug-likeness (QED) is 0.395. The zero-order chi connectivity index (χ0) is 23.4. The fourth-order valence-electron chi connectivity index (χ4n) is 3.42. The van der Waals surface area contributed by atoms with Crippen molar-refractivity contribution < 1.29 is 9.53 Å². The molecular weight excluding hydrogens is 418 g/mol. The van der Waals surface area contributed by atoms with Crippen LogP contribution in [0, 0.1) is 0 Å². The van der Waals surface area contributed by atoms with E-state index in [1.807, 2.05) is 60.0 Å². The predicted octanol–water partition coefficient (Wildman–Crippen LogP) is 4.15. The number of amides is 1. The third-order valence-corrected chi connectivity index (χ3v) is 5.23. The maximum absolute atomic E-state index is 12.0. The molecule has 0 saturated heterocycles. The van der Waals surface area contributed by atoms with E-state index in [2.05, 4.69) is 32.2 Å². The molecule has 9 nitrogen and oxygen atoms in total. The highest BCUT2D eigenvalue weighted by atomic mass is 16.5. The first-order valence-electron chi connectivity index (χ1n) is 10.4. The third-order valence-electron chi connectivity index (χ3n) is 5.23. The Morgan fingerprint density at radius 3 is 2.82 bits per heavy atom. The first-order chi connectivity index (χ1) is 16.0. The number of benzene rings is 1. The number of aromatic nitrogens is 4. The molecule has 0 aliphatic heterocycles. The Labute approximate surface area is 191 Å². The summed E-state index contributed by atoms with van der Waals surface area (Å²) in [4.78, 5) is 27.5. The van der Waals surface area contributed by atoms with Crippen molar-refractivity contribution in [3.8, 4) is 11.6 Å². The molecule has 9 heteroatoms. The van der Waals surface area contributed by atoms with Crippen LogP contribution in [0.25, 0.3) is 16.9 Å². The SMILES string of the molecule is C=CC(=O)Nc1cc(Nc2nccc(-n3ccc4cccnc43)n2)c(OC)cc1N(C)CC. The molecule has 4 aromatic rings. The Morgan fingerprint density at radius 2 is 2.06 bits per heavy atom. The first-order valence-corrected chi connectivity index (χ1v) is 10.4. The van der Waals surface area contributed by atoms with Crippen LogP contribution in [0.4, 0.5) is 23.0 Å². The van der Waals surface area contributed by atoms with Gasteiger partial charge in [0.05, 0.1) is 24.2 Å². The monoisotopic (exact) mass is 443 g/mol. The molecule has 0 atom stereocenters. The van der Waals surface area contributed by atoms with Gasteiger partial charge in [-0.15, -0.1) is 0 Å². The Morgan fingerprint density at radius 1 is 1.21 bits per heavy atom. The molecule has 0 unspecified atom stereocenters. The lowest BCUT2D eigenvalue weighted by atomic mass is 10.2. The Balaban J connectivity index is 1.72. The molecule has 3 heterocycles. The summed E-state index contributed by atoms with van der Waals surface area (Å²) in [7, 11) is 3.53. The van der Waals surface area contributed by atoms with E-state index < -0.39 is 0 Å². The number of ether oxygens (including phenoxy) is 1. The van der Waals surface area contributed by atoms with Gasteiger partial charge < -0.3 is 20.3 Å². The van der Waals surface area contributed by atoms with Gasteiger partial charge >= 0.3 is 0 Å². The van der Waals surface area contributed by atoms with Crippen LogP contribution in [0.2, 0.25) is 0 Å². The number of anilines is 4. The Kier molecular flexibility index (Phi) is 6.21. The van der Waals surface area contributed by atoms with E-state index in [4.69, 9.17) is 4.74 Å². The van der Waals surface area contributed by atoms with Crippen molar-refractivity contribution in [3.63, 3.8) is 0 Å². The summed E-state index contributed by atoms with van der Waals surface area (Å²) >= 11 is 0. The Bertz CT molecular complexity index is 1320. The van der Waals surface area contributed by atoms with Crippen LogP contribution >= 0.6 is 0 Å². The zero-order valence-corrected chi connectivity index (χ0v) is 18.7. The summed E-state index contributed by atoms with van der Waals surface area (Å²) < 4.78 is 7.50. The van der Waals surface area contributed by atoms with E-state index in [-0.39, 0.29) is 5.91 Å². The minimum atomic E-state index is -0.304. The van der Waals surface area contributed by atoms with Crippen molar-refractivity contribution >= 4 is 40.0 Å². The molecule has 0 aliphatic rings. The maximum Gasteiger partial charge on any atom is 0.247 e. The van der Waals surface area contributed by atoms with Gasteiger partial charge in [-0.2, -0.15) is 4.98 Å². The molecular formula is C24H25N7O2. The molecule has 0 radical (unpaired) electrons. The molecule has 4 rings (SSSR count). The first kappa shape index (κ1) is 21.8. The number of rotatable bonds is 8. The van der Waals surface area contributed by atoms with Crippen LogP contribution in [-0.4, -0.2) is 46.1 Å². The number of nitrogens with zero attached hydrogens (tertiary/aromatic N) is 5. The van der Waals surface area contributed by atoms with Gasteiger partial charge in [0.15, 0.2) is 0 Å². The van der Waals surface area contributed by atoms with Gasteiger partial charge in [0.2, 0.25) is 11.9 Å². The van der Waals surface area contributed by atoms with Crippen molar-refractivity contribution in [2.24, 2.45) is 0 Å². The maximum atomic E-state index is 12.0. The molecule has 168 valence electrons. The van der Waals surface area contributed by atoms with Crippen molar-refractivity contribution in [2.75, 3.05) is 36.2 Å². The van der Waals surface area contributed by atoms with Gasteiger partial charge in [0.1, 0.15) is 17.2 Å².